The fourth-order valence-electron chi connectivity index (χ4n) is 5.15. The molecule has 4 nitrogen and oxygen atoms in total. The Balaban J connectivity index is 3.04. The molecule has 0 fully saturated rings. The normalized spacial score (nSPS) is 12.0. The predicted molar refractivity (Wildman–Crippen MR) is 171 cm³/mol. The Kier molecular flexibility index (Phi) is 32.1. The van der Waals surface area contributed by atoms with E-state index < -0.39 is 7.82 Å². The van der Waals surface area contributed by atoms with Crippen molar-refractivity contribution in [1.82, 2.24) is 0 Å². The quantitative estimate of drug-likeness (QED) is 0.0327. The van der Waals surface area contributed by atoms with Gasteiger partial charge in [-0.3, -0.25) is 4.52 Å². The van der Waals surface area contributed by atoms with Gasteiger partial charge in [0, 0.05) is 0 Å². The summed E-state index contributed by atoms with van der Waals surface area (Å²) in [5, 5.41) is 0. The lowest BCUT2D eigenvalue weighted by atomic mass is 10.0. The third-order valence-electron chi connectivity index (χ3n) is 7.54. The molecule has 0 rings (SSSR count). The van der Waals surface area contributed by atoms with Crippen molar-refractivity contribution in [3.8, 4) is 0 Å². The van der Waals surface area contributed by atoms with Gasteiger partial charge in [0.25, 0.3) is 0 Å². The van der Waals surface area contributed by atoms with E-state index in [2.05, 4.69) is 27.1 Å². The first-order valence-electron chi connectivity index (χ1n) is 16.3. The van der Waals surface area contributed by atoms with Crippen LogP contribution in [0.2, 0.25) is 0 Å². The molecular formula is C31H64IO4P. The smallest absolute Gasteiger partial charge is 0.303 e. The van der Waals surface area contributed by atoms with E-state index in [0.29, 0.717) is 0 Å². The fourth-order valence-corrected chi connectivity index (χ4v) is 6.06. The van der Waals surface area contributed by atoms with E-state index in [-0.39, 0.29) is 6.61 Å². The van der Waals surface area contributed by atoms with Crippen LogP contribution < -0.4 is 0 Å². The van der Waals surface area contributed by atoms with E-state index in [4.69, 9.17) is 9.79 Å². The topological polar surface area (TPSA) is 66.8 Å². The number of hydrogen-bond acceptors (Lipinski definition) is 2. The van der Waals surface area contributed by atoms with E-state index in [1.807, 2.05) is 0 Å². The summed E-state index contributed by atoms with van der Waals surface area (Å²) in [6.45, 7) is 0.170. The first-order valence-corrected chi connectivity index (χ1v) is 19.4. The number of halogens is 1. The van der Waals surface area contributed by atoms with Crippen molar-refractivity contribution in [2.75, 3.05) is 11.0 Å². The van der Waals surface area contributed by atoms with Gasteiger partial charge in [-0.15, -0.1) is 0 Å². The summed E-state index contributed by atoms with van der Waals surface area (Å²) >= 11 is 2.49. The molecule has 0 aromatic carbocycles. The van der Waals surface area contributed by atoms with Crippen molar-refractivity contribution in [3.05, 3.63) is 0 Å². The van der Waals surface area contributed by atoms with Crippen LogP contribution in [0, 0.1) is 0 Å². The highest BCUT2D eigenvalue weighted by molar-refractivity contribution is 14.1. The van der Waals surface area contributed by atoms with E-state index in [1.165, 1.54) is 171 Å². The second-order valence-electron chi connectivity index (χ2n) is 11.3. The highest BCUT2D eigenvalue weighted by Crippen LogP contribution is 2.35. The second-order valence-corrected chi connectivity index (χ2v) is 13.6. The zero-order valence-electron chi connectivity index (χ0n) is 24.5. The summed E-state index contributed by atoms with van der Waals surface area (Å²) in [6, 6.07) is 0. The molecule has 0 unspecified atom stereocenters. The number of hydrogen-bond donors (Lipinski definition) is 2. The summed E-state index contributed by atoms with van der Waals surface area (Å²) in [5.41, 5.74) is 0. The van der Waals surface area contributed by atoms with Crippen molar-refractivity contribution in [2.24, 2.45) is 0 Å². The average molecular weight is 659 g/mol. The van der Waals surface area contributed by atoms with Gasteiger partial charge in [-0.2, -0.15) is 0 Å². The maximum atomic E-state index is 10.6. The molecule has 2 N–H and O–H groups in total. The van der Waals surface area contributed by atoms with Gasteiger partial charge in [-0.1, -0.05) is 196 Å². The van der Waals surface area contributed by atoms with Gasteiger partial charge in [0.2, 0.25) is 0 Å². The molecule has 0 heterocycles. The first kappa shape index (κ1) is 37.8. The lowest BCUT2D eigenvalue weighted by Crippen LogP contribution is -1.92. The predicted octanol–water partition coefficient (Wildman–Crippen LogP) is 11.8. The second kappa shape index (κ2) is 31.4. The van der Waals surface area contributed by atoms with Crippen molar-refractivity contribution in [1.29, 1.82) is 0 Å². The number of rotatable bonds is 32. The van der Waals surface area contributed by atoms with Crippen LogP contribution in [-0.2, 0) is 9.09 Å². The van der Waals surface area contributed by atoms with Crippen molar-refractivity contribution in [3.63, 3.8) is 0 Å². The van der Waals surface area contributed by atoms with Crippen LogP contribution in [0.5, 0.6) is 0 Å². The molecule has 0 aromatic heterocycles. The molecule has 0 radical (unpaired) electrons. The van der Waals surface area contributed by atoms with Crippen LogP contribution in [0.4, 0.5) is 0 Å². The molecule has 0 atom stereocenters. The highest BCUT2D eigenvalue weighted by atomic mass is 127. The minimum absolute atomic E-state index is 0.170. The lowest BCUT2D eigenvalue weighted by molar-refractivity contribution is 0.193. The molecule has 6 heteroatoms. The Hall–Kier alpha value is 0.840. The summed E-state index contributed by atoms with van der Waals surface area (Å²) < 4.78 is 16.4. The molecule has 0 aliphatic carbocycles. The number of phosphoric acid groups is 1. The Bertz CT molecular complexity index is 472. The zero-order valence-corrected chi connectivity index (χ0v) is 27.5. The molecule has 0 amide bonds. The average Bonchev–Trinajstić information content (AvgIpc) is 2.86. The standard InChI is InChI=1S/C31H64IO4P/c32-30-28-26-24-22-20-18-16-14-12-10-8-6-4-2-1-3-5-7-9-11-13-15-17-19-21-23-25-27-29-31-36-37(33,34)35/h1-31H2,(H2,33,34,35). The Labute approximate surface area is 245 Å². The van der Waals surface area contributed by atoms with E-state index in [9.17, 15) is 4.57 Å². The SMILES string of the molecule is O=P(O)(O)OCCCCCCCCCCCCCCCCCCCCCCCCCCCCCCCI. The summed E-state index contributed by atoms with van der Waals surface area (Å²) in [6.07, 6.45) is 39.9. The molecule has 37 heavy (non-hydrogen) atoms. The molecule has 0 saturated heterocycles. The van der Waals surface area contributed by atoms with Crippen molar-refractivity contribution in [2.45, 2.75) is 186 Å². The highest BCUT2D eigenvalue weighted by Gasteiger charge is 2.12. The van der Waals surface area contributed by atoms with Gasteiger partial charge in [0.15, 0.2) is 0 Å². The molecule has 0 aliphatic heterocycles. The summed E-state index contributed by atoms with van der Waals surface area (Å²) in [5.74, 6) is 0. The molecule has 0 bridgehead atoms. The van der Waals surface area contributed by atoms with Gasteiger partial charge in [-0.25, -0.2) is 4.57 Å². The van der Waals surface area contributed by atoms with E-state index in [0.717, 1.165) is 19.3 Å². The summed E-state index contributed by atoms with van der Waals surface area (Å²) in [4.78, 5) is 17.2. The van der Waals surface area contributed by atoms with Gasteiger partial charge >= 0.3 is 7.82 Å². The van der Waals surface area contributed by atoms with Crippen LogP contribution in [0.25, 0.3) is 0 Å². The van der Waals surface area contributed by atoms with Crippen molar-refractivity contribution < 1.29 is 18.9 Å². The molecule has 0 spiro atoms. The van der Waals surface area contributed by atoms with Gasteiger partial charge in [0.05, 0.1) is 6.61 Å². The molecular weight excluding hydrogens is 594 g/mol. The van der Waals surface area contributed by atoms with Crippen LogP contribution in [0.3, 0.4) is 0 Å². The monoisotopic (exact) mass is 658 g/mol. The molecule has 0 saturated carbocycles. The maximum Gasteiger partial charge on any atom is 0.469 e. The molecule has 224 valence electrons. The van der Waals surface area contributed by atoms with Gasteiger partial charge in [-0.05, 0) is 17.3 Å². The zero-order chi connectivity index (χ0) is 27.1. The Morgan fingerprint density at radius 1 is 0.378 bits per heavy atom. The van der Waals surface area contributed by atoms with Crippen LogP contribution in [0.15, 0.2) is 0 Å². The molecule has 0 aromatic rings. The third-order valence-corrected chi connectivity index (χ3v) is 8.82. The van der Waals surface area contributed by atoms with Gasteiger partial charge in [0.1, 0.15) is 0 Å². The minimum atomic E-state index is -4.27. The lowest BCUT2D eigenvalue weighted by Gasteiger charge is -2.05. The van der Waals surface area contributed by atoms with Crippen LogP contribution in [0.1, 0.15) is 186 Å². The first-order chi connectivity index (χ1) is 18.1. The van der Waals surface area contributed by atoms with Crippen LogP contribution >= 0.6 is 30.4 Å². The maximum absolute atomic E-state index is 10.6. The number of alkyl halides is 1. The summed E-state index contributed by atoms with van der Waals surface area (Å²) in [7, 11) is -4.27. The Morgan fingerprint density at radius 3 is 0.757 bits per heavy atom. The number of phosphoric ester groups is 1. The van der Waals surface area contributed by atoms with Gasteiger partial charge < -0.3 is 9.79 Å². The van der Waals surface area contributed by atoms with Crippen LogP contribution in [-0.4, -0.2) is 20.8 Å². The number of unbranched alkanes of at least 4 members (excludes halogenated alkanes) is 28. The van der Waals surface area contributed by atoms with Crippen molar-refractivity contribution >= 4 is 30.4 Å². The fraction of sp³-hybridized carbons (Fsp3) is 1.00. The third kappa shape index (κ3) is 36.8. The minimum Gasteiger partial charge on any atom is -0.303 e. The van der Waals surface area contributed by atoms with E-state index >= 15 is 0 Å². The Morgan fingerprint density at radius 2 is 0.568 bits per heavy atom. The molecule has 0 aliphatic rings. The van der Waals surface area contributed by atoms with E-state index in [1.54, 1.807) is 0 Å². The largest absolute Gasteiger partial charge is 0.469 e.